The Labute approximate surface area is 113 Å². The van der Waals surface area contributed by atoms with E-state index in [4.69, 9.17) is 0 Å². The molecule has 4 heteroatoms. The van der Waals surface area contributed by atoms with Crippen LogP contribution in [-0.2, 0) is 0 Å². The average molecular weight is 339 g/mol. The molecule has 0 radical (unpaired) electrons. The van der Waals surface area contributed by atoms with Gasteiger partial charge >= 0.3 is 0 Å². The molecule has 0 heterocycles. The van der Waals surface area contributed by atoms with Crippen LogP contribution in [0.3, 0.4) is 0 Å². The maximum Gasteiger partial charge on any atom is 0.270 e. The molecule has 2 aromatic rings. The van der Waals surface area contributed by atoms with Crippen LogP contribution >= 0.6 is 22.6 Å². The van der Waals surface area contributed by atoms with Gasteiger partial charge in [0, 0.05) is 15.7 Å². The molecule has 0 N–H and O–H groups in total. The van der Waals surface area contributed by atoms with Crippen LogP contribution in [0.25, 0.3) is 11.1 Å². The largest absolute Gasteiger partial charge is 0.270 e. The van der Waals surface area contributed by atoms with Crippen molar-refractivity contribution in [1.82, 2.24) is 0 Å². The smallest absolute Gasteiger partial charge is 0.258 e. The molecule has 2 aromatic carbocycles. The lowest BCUT2D eigenvalue weighted by Gasteiger charge is -2.05. The fourth-order valence-corrected chi connectivity index (χ4v) is 2.40. The van der Waals surface area contributed by atoms with Crippen LogP contribution in [0.15, 0.2) is 42.5 Å². The summed E-state index contributed by atoms with van der Waals surface area (Å²) in [6.07, 6.45) is 0. The van der Waals surface area contributed by atoms with Crippen molar-refractivity contribution in [2.45, 2.75) is 6.92 Å². The monoisotopic (exact) mass is 339 g/mol. The van der Waals surface area contributed by atoms with Crippen molar-refractivity contribution in [3.8, 4) is 11.1 Å². The third-order valence-electron chi connectivity index (χ3n) is 2.53. The van der Waals surface area contributed by atoms with Gasteiger partial charge in [-0.3, -0.25) is 10.1 Å². The van der Waals surface area contributed by atoms with E-state index < -0.39 is 0 Å². The minimum Gasteiger partial charge on any atom is -0.258 e. The molecule has 0 atom stereocenters. The van der Waals surface area contributed by atoms with Gasteiger partial charge in [-0.25, -0.2) is 0 Å². The minimum atomic E-state index is -0.374. The Bertz CT molecular complexity index is 564. The predicted molar refractivity (Wildman–Crippen MR) is 76.0 cm³/mol. The standard InChI is InChI=1S/C13H10INO2/c1-9-2-4-10(5-3-9)12-7-6-11(15(16)17)8-13(12)14/h2-8H,1H3. The second-order valence-corrected chi connectivity index (χ2v) is 4.95. The van der Waals surface area contributed by atoms with E-state index in [1.807, 2.05) is 31.2 Å². The molecule has 0 aliphatic rings. The molecule has 0 aliphatic carbocycles. The summed E-state index contributed by atoms with van der Waals surface area (Å²) in [5.41, 5.74) is 3.43. The predicted octanol–water partition coefficient (Wildman–Crippen LogP) is 4.17. The average Bonchev–Trinajstić information content (AvgIpc) is 2.30. The first kappa shape index (κ1) is 12.0. The summed E-state index contributed by atoms with van der Waals surface area (Å²) < 4.78 is 0.889. The van der Waals surface area contributed by atoms with Crippen molar-refractivity contribution in [2.24, 2.45) is 0 Å². The van der Waals surface area contributed by atoms with E-state index in [0.29, 0.717) is 0 Å². The zero-order chi connectivity index (χ0) is 12.4. The number of halogens is 1. The molecule has 0 spiro atoms. The first-order valence-electron chi connectivity index (χ1n) is 5.09. The molecule has 2 rings (SSSR count). The first-order valence-corrected chi connectivity index (χ1v) is 6.17. The van der Waals surface area contributed by atoms with Gasteiger partial charge in [-0.05, 0) is 46.7 Å². The van der Waals surface area contributed by atoms with Crippen LogP contribution < -0.4 is 0 Å². The molecule has 0 fully saturated rings. The maximum absolute atomic E-state index is 10.6. The van der Waals surface area contributed by atoms with Crippen LogP contribution in [0, 0.1) is 20.6 Å². The van der Waals surface area contributed by atoms with Crippen LogP contribution in [0.4, 0.5) is 5.69 Å². The second kappa shape index (κ2) is 4.83. The number of hydrogen-bond donors (Lipinski definition) is 0. The zero-order valence-corrected chi connectivity index (χ0v) is 11.3. The summed E-state index contributed by atoms with van der Waals surface area (Å²) in [4.78, 5) is 10.3. The van der Waals surface area contributed by atoms with Gasteiger partial charge in [0.2, 0.25) is 0 Å². The summed E-state index contributed by atoms with van der Waals surface area (Å²) in [5.74, 6) is 0. The summed E-state index contributed by atoms with van der Waals surface area (Å²) in [7, 11) is 0. The van der Waals surface area contributed by atoms with Gasteiger partial charge < -0.3 is 0 Å². The lowest BCUT2D eigenvalue weighted by molar-refractivity contribution is -0.384. The number of hydrogen-bond acceptors (Lipinski definition) is 2. The highest BCUT2D eigenvalue weighted by molar-refractivity contribution is 14.1. The number of nitro groups is 1. The first-order chi connectivity index (χ1) is 8.08. The van der Waals surface area contributed by atoms with Gasteiger partial charge in [0.05, 0.1) is 4.92 Å². The number of nitrogens with zero attached hydrogens (tertiary/aromatic N) is 1. The molecule has 0 aliphatic heterocycles. The van der Waals surface area contributed by atoms with Crippen molar-refractivity contribution in [3.05, 3.63) is 61.7 Å². The second-order valence-electron chi connectivity index (χ2n) is 3.79. The Morgan fingerprint density at radius 1 is 1.12 bits per heavy atom. The Kier molecular flexibility index (Phi) is 3.42. The van der Waals surface area contributed by atoms with Gasteiger partial charge in [0.15, 0.2) is 0 Å². The summed E-state index contributed by atoms with van der Waals surface area (Å²) >= 11 is 2.13. The molecule has 0 unspecified atom stereocenters. The molecular weight excluding hydrogens is 329 g/mol. The lowest BCUT2D eigenvalue weighted by Crippen LogP contribution is -1.90. The van der Waals surface area contributed by atoms with Gasteiger partial charge in [0.1, 0.15) is 0 Å². The number of aryl methyl sites for hydroxylation is 1. The highest BCUT2D eigenvalue weighted by atomic mass is 127. The van der Waals surface area contributed by atoms with Crippen molar-refractivity contribution in [3.63, 3.8) is 0 Å². The highest BCUT2D eigenvalue weighted by Crippen LogP contribution is 2.28. The Morgan fingerprint density at radius 2 is 1.76 bits per heavy atom. The van der Waals surface area contributed by atoms with E-state index in [1.54, 1.807) is 12.1 Å². The number of rotatable bonds is 2. The Hall–Kier alpha value is -1.43. The normalized spacial score (nSPS) is 10.2. The quantitative estimate of drug-likeness (QED) is 0.468. The topological polar surface area (TPSA) is 43.1 Å². The molecule has 17 heavy (non-hydrogen) atoms. The third kappa shape index (κ3) is 2.63. The summed E-state index contributed by atoms with van der Waals surface area (Å²) in [5, 5.41) is 10.6. The molecule has 86 valence electrons. The van der Waals surface area contributed by atoms with Crippen molar-refractivity contribution in [2.75, 3.05) is 0 Å². The molecular formula is C13H10INO2. The van der Waals surface area contributed by atoms with Crippen molar-refractivity contribution < 1.29 is 4.92 Å². The van der Waals surface area contributed by atoms with E-state index in [1.165, 1.54) is 11.6 Å². The van der Waals surface area contributed by atoms with Gasteiger partial charge in [-0.2, -0.15) is 0 Å². The van der Waals surface area contributed by atoms with Gasteiger partial charge in [0.25, 0.3) is 5.69 Å². The third-order valence-corrected chi connectivity index (χ3v) is 3.42. The van der Waals surface area contributed by atoms with Crippen LogP contribution in [0.2, 0.25) is 0 Å². The highest BCUT2D eigenvalue weighted by Gasteiger charge is 2.09. The molecule has 0 saturated heterocycles. The van der Waals surface area contributed by atoms with Crippen LogP contribution in [0.5, 0.6) is 0 Å². The van der Waals surface area contributed by atoms with E-state index in [0.717, 1.165) is 14.7 Å². The maximum atomic E-state index is 10.6. The molecule has 0 amide bonds. The molecule has 3 nitrogen and oxygen atoms in total. The molecule has 0 bridgehead atoms. The number of benzene rings is 2. The summed E-state index contributed by atoms with van der Waals surface area (Å²) in [6, 6.07) is 13.1. The molecule has 0 saturated carbocycles. The van der Waals surface area contributed by atoms with E-state index in [2.05, 4.69) is 22.6 Å². The summed E-state index contributed by atoms with van der Waals surface area (Å²) in [6.45, 7) is 2.03. The number of non-ortho nitro benzene ring substituents is 1. The van der Waals surface area contributed by atoms with Gasteiger partial charge in [-0.1, -0.05) is 29.8 Å². The molecule has 0 aromatic heterocycles. The van der Waals surface area contributed by atoms with Crippen LogP contribution in [-0.4, -0.2) is 4.92 Å². The van der Waals surface area contributed by atoms with Crippen LogP contribution in [0.1, 0.15) is 5.56 Å². The van der Waals surface area contributed by atoms with Crippen molar-refractivity contribution in [1.29, 1.82) is 0 Å². The Morgan fingerprint density at radius 3 is 2.29 bits per heavy atom. The number of nitro benzene ring substituents is 1. The van der Waals surface area contributed by atoms with E-state index in [9.17, 15) is 10.1 Å². The van der Waals surface area contributed by atoms with E-state index in [-0.39, 0.29) is 10.6 Å². The lowest BCUT2D eigenvalue weighted by atomic mass is 10.0. The fraction of sp³-hybridized carbons (Fsp3) is 0.0769. The SMILES string of the molecule is Cc1ccc(-c2ccc([N+](=O)[O-])cc2I)cc1. The van der Waals surface area contributed by atoms with E-state index >= 15 is 0 Å². The fourth-order valence-electron chi connectivity index (χ4n) is 1.58. The minimum absolute atomic E-state index is 0.130. The zero-order valence-electron chi connectivity index (χ0n) is 9.18. The Balaban J connectivity index is 2.46. The van der Waals surface area contributed by atoms with Crippen molar-refractivity contribution >= 4 is 28.3 Å². The van der Waals surface area contributed by atoms with Gasteiger partial charge in [-0.15, -0.1) is 0 Å².